The first-order valence-corrected chi connectivity index (χ1v) is 6.88. The molecule has 2 aromatic rings. The number of piperidine rings is 1. The second-order valence-corrected chi connectivity index (χ2v) is 5.12. The Morgan fingerprint density at radius 1 is 1.25 bits per heavy atom. The number of hydrogen-bond donors (Lipinski definition) is 0. The van der Waals surface area contributed by atoms with E-state index in [4.69, 9.17) is 0 Å². The van der Waals surface area contributed by atoms with Crippen LogP contribution in [0.5, 0.6) is 0 Å². The van der Waals surface area contributed by atoms with E-state index in [1.165, 1.54) is 6.42 Å². The van der Waals surface area contributed by atoms with Crippen molar-refractivity contribution in [3.8, 4) is 5.82 Å². The molecule has 1 fully saturated rings. The average molecular weight is 271 g/mol. The summed E-state index contributed by atoms with van der Waals surface area (Å²) in [5.41, 5.74) is 0.635. The van der Waals surface area contributed by atoms with E-state index >= 15 is 0 Å². The van der Waals surface area contributed by atoms with Gasteiger partial charge in [0.1, 0.15) is 18.5 Å². The summed E-state index contributed by atoms with van der Waals surface area (Å²) in [7, 11) is 0. The molecule has 2 aromatic heterocycles. The zero-order chi connectivity index (χ0) is 13.9. The number of amides is 1. The van der Waals surface area contributed by atoms with E-state index in [1.54, 1.807) is 23.4 Å². The van der Waals surface area contributed by atoms with Crippen LogP contribution in [-0.2, 0) is 0 Å². The summed E-state index contributed by atoms with van der Waals surface area (Å²) < 4.78 is 1.71. The van der Waals surface area contributed by atoms with Crippen LogP contribution in [-0.4, -0.2) is 43.1 Å². The number of aromatic nitrogens is 4. The Hall–Kier alpha value is -2.24. The lowest BCUT2D eigenvalue weighted by molar-refractivity contribution is 0.0635. The molecule has 1 unspecified atom stereocenters. The van der Waals surface area contributed by atoms with Crippen LogP contribution in [0.15, 0.2) is 31.0 Å². The third-order valence-corrected chi connectivity index (χ3v) is 3.74. The molecule has 0 bridgehead atoms. The van der Waals surface area contributed by atoms with Crippen LogP contribution in [0, 0.1) is 0 Å². The second kappa shape index (κ2) is 5.40. The van der Waals surface area contributed by atoms with Crippen molar-refractivity contribution in [2.24, 2.45) is 0 Å². The third-order valence-electron chi connectivity index (χ3n) is 3.74. The van der Waals surface area contributed by atoms with Crippen LogP contribution in [0.1, 0.15) is 36.5 Å². The van der Waals surface area contributed by atoms with Crippen molar-refractivity contribution in [2.45, 2.75) is 32.2 Å². The quantitative estimate of drug-likeness (QED) is 0.833. The summed E-state index contributed by atoms with van der Waals surface area (Å²) in [6, 6.07) is 3.94. The number of rotatable bonds is 2. The molecule has 1 aliphatic heterocycles. The molecular formula is C14H17N5O. The van der Waals surface area contributed by atoms with E-state index in [9.17, 15) is 4.79 Å². The molecule has 0 radical (unpaired) electrons. The molecule has 6 nitrogen and oxygen atoms in total. The molecule has 1 atom stereocenters. The Balaban J connectivity index is 1.78. The zero-order valence-corrected chi connectivity index (χ0v) is 11.4. The summed E-state index contributed by atoms with van der Waals surface area (Å²) in [5, 5.41) is 7.47. The minimum absolute atomic E-state index is 0.0695. The van der Waals surface area contributed by atoms with Crippen molar-refractivity contribution < 1.29 is 4.79 Å². The Labute approximate surface area is 117 Å². The van der Waals surface area contributed by atoms with Crippen LogP contribution in [0.2, 0.25) is 0 Å². The maximum Gasteiger partial charge on any atom is 0.255 e. The molecule has 6 heteroatoms. The smallest absolute Gasteiger partial charge is 0.255 e. The summed E-state index contributed by atoms with van der Waals surface area (Å²) in [5.74, 6) is 0.776. The molecule has 0 aromatic carbocycles. The van der Waals surface area contributed by atoms with Crippen LogP contribution in [0.4, 0.5) is 0 Å². The number of nitrogens with zero attached hydrogens (tertiary/aromatic N) is 5. The normalized spacial score (nSPS) is 19.1. The van der Waals surface area contributed by atoms with E-state index in [-0.39, 0.29) is 5.91 Å². The van der Waals surface area contributed by atoms with Gasteiger partial charge in [0.2, 0.25) is 0 Å². The molecule has 3 rings (SSSR count). The molecule has 0 spiro atoms. The van der Waals surface area contributed by atoms with Crippen molar-refractivity contribution in [3.63, 3.8) is 0 Å². The summed E-state index contributed by atoms with van der Waals surface area (Å²) >= 11 is 0. The average Bonchev–Trinajstić information content (AvgIpc) is 3.01. The zero-order valence-electron chi connectivity index (χ0n) is 11.4. The van der Waals surface area contributed by atoms with Gasteiger partial charge in [-0.2, -0.15) is 0 Å². The maximum absolute atomic E-state index is 12.5. The summed E-state index contributed by atoms with van der Waals surface area (Å²) in [6.45, 7) is 2.95. The van der Waals surface area contributed by atoms with E-state index in [0.717, 1.165) is 19.4 Å². The van der Waals surface area contributed by atoms with Crippen molar-refractivity contribution >= 4 is 5.91 Å². The van der Waals surface area contributed by atoms with Crippen molar-refractivity contribution in [3.05, 3.63) is 36.5 Å². The fourth-order valence-corrected chi connectivity index (χ4v) is 2.55. The SMILES string of the molecule is CC1CCCCN1C(=O)c1ccc(-n2cnnc2)nc1. The Morgan fingerprint density at radius 2 is 2.05 bits per heavy atom. The second-order valence-electron chi connectivity index (χ2n) is 5.12. The van der Waals surface area contributed by atoms with Gasteiger partial charge in [0.25, 0.3) is 5.91 Å². The monoisotopic (exact) mass is 271 g/mol. The molecule has 1 saturated heterocycles. The molecule has 0 N–H and O–H groups in total. The number of carbonyl (C=O) groups excluding carboxylic acids is 1. The lowest BCUT2D eigenvalue weighted by Gasteiger charge is -2.33. The Bertz CT molecular complexity index is 578. The predicted molar refractivity (Wildman–Crippen MR) is 73.5 cm³/mol. The van der Waals surface area contributed by atoms with Crippen LogP contribution in [0.25, 0.3) is 5.82 Å². The minimum atomic E-state index is 0.0695. The summed E-state index contributed by atoms with van der Waals surface area (Å²) in [6.07, 6.45) is 8.15. The van der Waals surface area contributed by atoms with Gasteiger partial charge in [-0.05, 0) is 38.3 Å². The Kier molecular flexibility index (Phi) is 3.45. The van der Waals surface area contributed by atoms with Gasteiger partial charge in [-0.1, -0.05) is 0 Å². The minimum Gasteiger partial charge on any atom is -0.336 e. The van der Waals surface area contributed by atoms with Gasteiger partial charge in [-0.25, -0.2) is 4.98 Å². The molecular weight excluding hydrogens is 254 g/mol. The van der Waals surface area contributed by atoms with Gasteiger partial charge >= 0.3 is 0 Å². The highest BCUT2D eigenvalue weighted by atomic mass is 16.2. The predicted octanol–water partition coefficient (Wildman–Crippen LogP) is 1.68. The lowest BCUT2D eigenvalue weighted by atomic mass is 10.0. The van der Waals surface area contributed by atoms with Gasteiger partial charge in [0.15, 0.2) is 0 Å². The van der Waals surface area contributed by atoms with Crippen molar-refractivity contribution in [1.29, 1.82) is 0 Å². The van der Waals surface area contributed by atoms with Gasteiger partial charge in [0, 0.05) is 18.8 Å². The fraction of sp³-hybridized carbons (Fsp3) is 0.429. The Morgan fingerprint density at radius 3 is 2.70 bits per heavy atom. The van der Waals surface area contributed by atoms with Crippen LogP contribution >= 0.6 is 0 Å². The first-order chi connectivity index (χ1) is 9.75. The van der Waals surface area contributed by atoms with E-state index in [1.807, 2.05) is 17.0 Å². The highest BCUT2D eigenvalue weighted by molar-refractivity contribution is 5.94. The molecule has 0 saturated carbocycles. The molecule has 20 heavy (non-hydrogen) atoms. The van der Waals surface area contributed by atoms with Crippen molar-refractivity contribution in [2.75, 3.05) is 6.54 Å². The number of likely N-dealkylation sites (tertiary alicyclic amines) is 1. The third kappa shape index (κ3) is 2.41. The molecule has 1 aliphatic rings. The number of carbonyl (C=O) groups is 1. The highest BCUT2D eigenvalue weighted by Crippen LogP contribution is 2.19. The highest BCUT2D eigenvalue weighted by Gasteiger charge is 2.24. The van der Waals surface area contributed by atoms with Crippen LogP contribution in [0.3, 0.4) is 0 Å². The van der Waals surface area contributed by atoms with E-state index in [0.29, 0.717) is 17.4 Å². The summed E-state index contributed by atoms with van der Waals surface area (Å²) in [4.78, 5) is 18.7. The first kappa shape index (κ1) is 12.8. The number of hydrogen-bond acceptors (Lipinski definition) is 4. The van der Waals surface area contributed by atoms with Gasteiger partial charge in [-0.3, -0.25) is 9.36 Å². The molecule has 1 amide bonds. The van der Waals surface area contributed by atoms with Gasteiger partial charge in [0.05, 0.1) is 5.56 Å². The standard InChI is InChI=1S/C14H17N5O/c1-11-4-2-3-7-19(11)14(20)12-5-6-13(15-8-12)18-9-16-17-10-18/h5-6,8-11H,2-4,7H2,1H3. The molecule has 0 aliphatic carbocycles. The van der Waals surface area contributed by atoms with Crippen molar-refractivity contribution in [1.82, 2.24) is 24.6 Å². The molecule has 3 heterocycles. The van der Waals surface area contributed by atoms with Gasteiger partial charge < -0.3 is 4.90 Å². The van der Waals surface area contributed by atoms with Crippen LogP contribution < -0.4 is 0 Å². The fourth-order valence-electron chi connectivity index (χ4n) is 2.55. The largest absolute Gasteiger partial charge is 0.336 e. The number of pyridine rings is 1. The lowest BCUT2D eigenvalue weighted by Crippen LogP contribution is -2.42. The van der Waals surface area contributed by atoms with Gasteiger partial charge in [-0.15, -0.1) is 10.2 Å². The first-order valence-electron chi connectivity index (χ1n) is 6.88. The molecule has 104 valence electrons. The topological polar surface area (TPSA) is 63.9 Å². The van der Waals surface area contributed by atoms with E-state index < -0.39 is 0 Å². The maximum atomic E-state index is 12.5. The van der Waals surface area contributed by atoms with E-state index in [2.05, 4.69) is 22.1 Å².